The van der Waals surface area contributed by atoms with E-state index < -0.39 is 5.97 Å². The second kappa shape index (κ2) is 6.71. The fourth-order valence-electron chi connectivity index (χ4n) is 2.33. The number of carbonyl (C=O) groups is 1. The molecule has 0 spiro atoms. The van der Waals surface area contributed by atoms with Gasteiger partial charge in [0.25, 0.3) is 0 Å². The summed E-state index contributed by atoms with van der Waals surface area (Å²) in [6, 6.07) is 12.9. The summed E-state index contributed by atoms with van der Waals surface area (Å²) in [6.45, 7) is 3.23. The third-order valence-corrected chi connectivity index (χ3v) is 3.61. The van der Waals surface area contributed by atoms with Crippen LogP contribution in [0.2, 0.25) is 0 Å². The van der Waals surface area contributed by atoms with E-state index in [0.29, 0.717) is 31.3 Å². The Bertz CT molecular complexity index is 692. The Labute approximate surface area is 134 Å². The predicted molar refractivity (Wildman–Crippen MR) is 84.1 cm³/mol. The molecule has 1 fully saturated rings. The van der Waals surface area contributed by atoms with Crippen LogP contribution in [0.25, 0.3) is 0 Å². The Morgan fingerprint density at radius 1 is 1.26 bits per heavy atom. The molecule has 0 amide bonds. The van der Waals surface area contributed by atoms with E-state index in [4.69, 9.17) is 14.2 Å². The van der Waals surface area contributed by atoms with Crippen molar-refractivity contribution in [1.29, 1.82) is 0 Å². The third kappa shape index (κ3) is 3.63. The number of hydrogen-bond acceptors (Lipinski definition) is 4. The normalized spacial score (nSPS) is 14.1. The molecule has 0 aliphatic carbocycles. The van der Waals surface area contributed by atoms with Gasteiger partial charge in [0.1, 0.15) is 12.7 Å². The van der Waals surface area contributed by atoms with Gasteiger partial charge in [-0.3, -0.25) is 0 Å². The van der Waals surface area contributed by atoms with E-state index in [9.17, 15) is 9.90 Å². The number of carboxylic acids is 1. The van der Waals surface area contributed by atoms with E-state index in [2.05, 4.69) is 0 Å². The lowest BCUT2D eigenvalue weighted by Gasteiger charge is -2.28. The molecule has 0 bridgehead atoms. The monoisotopic (exact) mass is 314 g/mol. The second-order valence-electron chi connectivity index (χ2n) is 5.48. The first kappa shape index (κ1) is 15.4. The molecule has 1 aliphatic heterocycles. The van der Waals surface area contributed by atoms with Gasteiger partial charge in [0.2, 0.25) is 0 Å². The van der Waals surface area contributed by atoms with Crippen LogP contribution in [0.5, 0.6) is 11.5 Å². The summed E-state index contributed by atoms with van der Waals surface area (Å²) >= 11 is 0. The zero-order chi connectivity index (χ0) is 16.2. The van der Waals surface area contributed by atoms with Crippen molar-refractivity contribution in [3.05, 3.63) is 59.2 Å². The molecule has 0 radical (unpaired) electrons. The summed E-state index contributed by atoms with van der Waals surface area (Å²) in [7, 11) is 0. The van der Waals surface area contributed by atoms with Crippen molar-refractivity contribution in [2.24, 2.45) is 0 Å². The standard InChI is InChI=1S/C18H18O5/c1-12-7-14(18(19)20)8-16(23-15-10-21-11-15)17(12)22-9-13-5-3-2-4-6-13/h2-8,15H,9-11H2,1H3,(H,19,20). The molecule has 1 N–H and O–H groups in total. The summed E-state index contributed by atoms with van der Waals surface area (Å²) in [5, 5.41) is 9.22. The number of hydrogen-bond donors (Lipinski definition) is 1. The minimum Gasteiger partial charge on any atom is -0.485 e. The van der Waals surface area contributed by atoms with E-state index in [1.807, 2.05) is 37.3 Å². The molecule has 5 heteroatoms. The summed E-state index contributed by atoms with van der Waals surface area (Å²) in [5.74, 6) is 0.0369. The maximum Gasteiger partial charge on any atom is 0.335 e. The van der Waals surface area contributed by atoms with Gasteiger partial charge in [-0.05, 0) is 30.2 Å². The summed E-state index contributed by atoms with van der Waals surface area (Å²) in [5.41, 5.74) is 1.95. The van der Waals surface area contributed by atoms with Gasteiger partial charge in [-0.1, -0.05) is 30.3 Å². The minimum absolute atomic E-state index is 0.0579. The van der Waals surface area contributed by atoms with Crippen molar-refractivity contribution in [1.82, 2.24) is 0 Å². The molecule has 1 heterocycles. The topological polar surface area (TPSA) is 65.0 Å². The fourth-order valence-corrected chi connectivity index (χ4v) is 2.33. The van der Waals surface area contributed by atoms with Crippen LogP contribution in [0.1, 0.15) is 21.5 Å². The van der Waals surface area contributed by atoms with Crippen LogP contribution in [0.4, 0.5) is 0 Å². The molecule has 0 unspecified atom stereocenters. The number of carboxylic acid groups (broad SMARTS) is 1. The van der Waals surface area contributed by atoms with Crippen LogP contribution in [-0.2, 0) is 11.3 Å². The van der Waals surface area contributed by atoms with Gasteiger partial charge < -0.3 is 19.3 Å². The quantitative estimate of drug-likeness (QED) is 0.888. The van der Waals surface area contributed by atoms with Crippen molar-refractivity contribution >= 4 is 5.97 Å². The van der Waals surface area contributed by atoms with Crippen molar-refractivity contribution in [3.8, 4) is 11.5 Å². The van der Waals surface area contributed by atoms with Gasteiger partial charge in [0.05, 0.1) is 18.8 Å². The molecule has 2 aromatic rings. The molecule has 23 heavy (non-hydrogen) atoms. The fraction of sp³-hybridized carbons (Fsp3) is 0.278. The van der Waals surface area contributed by atoms with Gasteiger partial charge in [0, 0.05) is 0 Å². The van der Waals surface area contributed by atoms with Gasteiger partial charge in [-0.25, -0.2) is 4.79 Å². The Morgan fingerprint density at radius 2 is 2.00 bits per heavy atom. The first-order valence-electron chi connectivity index (χ1n) is 7.42. The first-order chi connectivity index (χ1) is 11.1. The highest BCUT2D eigenvalue weighted by Crippen LogP contribution is 2.35. The largest absolute Gasteiger partial charge is 0.485 e. The van der Waals surface area contributed by atoms with Crippen LogP contribution in [0.3, 0.4) is 0 Å². The number of aromatic carboxylic acids is 1. The molecule has 120 valence electrons. The van der Waals surface area contributed by atoms with E-state index >= 15 is 0 Å². The smallest absolute Gasteiger partial charge is 0.335 e. The SMILES string of the molecule is Cc1cc(C(=O)O)cc(OC2COC2)c1OCc1ccccc1. The Balaban J connectivity index is 1.85. The zero-order valence-electron chi connectivity index (χ0n) is 12.8. The lowest BCUT2D eigenvalue weighted by molar-refractivity contribution is -0.0805. The Kier molecular flexibility index (Phi) is 4.48. The van der Waals surface area contributed by atoms with E-state index in [1.165, 1.54) is 6.07 Å². The van der Waals surface area contributed by atoms with Crippen molar-refractivity contribution < 1.29 is 24.1 Å². The van der Waals surface area contributed by atoms with Gasteiger partial charge in [0.15, 0.2) is 11.5 Å². The van der Waals surface area contributed by atoms with Crippen LogP contribution in [-0.4, -0.2) is 30.4 Å². The number of aryl methyl sites for hydroxylation is 1. The zero-order valence-corrected chi connectivity index (χ0v) is 12.8. The van der Waals surface area contributed by atoms with Gasteiger partial charge in [-0.15, -0.1) is 0 Å². The van der Waals surface area contributed by atoms with Crippen molar-refractivity contribution in [3.63, 3.8) is 0 Å². The minimum atomic E-state index is -0.989. The Morgan fingerprint density at radius 3 is 2.61 bits per heavy atom. The van der Waals surface area contributed by atoms with Crippen LogP contribution in [0.15, 0.2) is 42.5 Å². The molecule has 1 saturated heterocycles. The molecule has 0 aromatic heterocycles. The van der Waals surface area contributed by atoms with Crippen molar-refractivity contribution in [2.45, 2.75) is 19.6 Å². The number of benzene rings is 2. The highest BCUT2D eigenvalue weighted by atomic mass is 16.6. The van der Waals surface area contributed by atoms with Crippen LogP contribution < -0.4 is 9.47 Å². The second-order valence-corrected chi connectivity index (χ2v) is 5.48. The molecule has 2 aromatic carbocycles. The average molecular weight is 314 g/mol. The summed E-state index contributed by atoms with van der Waals surface area (Å²) in [4.78, 5) is 11.2. The average Bonchev–Trinajstić information content (AvgIpc) is 2.50. The van der Waals surface area contributed by atoms with E-state index in [1.54, 1.807) is 6.07 Å². The van der Waals surface area contributed by atoms with Gasteiger partial charge >= 0.3 is 5.97 Å². The molecular formula is C18H18O5. The van der Waals surface area contributed by atoms with Crippen LogP contribution in [0, 0.1) is 6.92 Å². The number of rotatable bonds is 6. The van der Waals surface area contributed by atoms with Crippen molar-refractivity contribution in [2.75, 3.05) is 13.2 Å². The lowest BCUT2D eigenvalue weighted by atomic mass is 10.1. The molecule has 3 rings (SSSR count). The highest BCUT2D eigenvalue weighted by Gasteiger charge is 2.23. The molecule has 5 nitrogen and oxygen atoms in total. The summed E-state index contributed by atoms with van der Waals surface area (Å²) < 4.78 is 16.8. The maximum atomic E-state index is 11.2. The molecule has 0 saturated carbocycles. The summed E-state index contributed by atoms with van der Waals surface area (Å²) in [6.07, 6.45) is -0.0579. The van der Waals surface area contributed by atoms with Gasteiger partial charge in [-0.2, -0.15) is 0 Å². The Hall–Kier alpha value is -2.53. The number of ether oxygens (including phenoxy) is 3. The molecular weight excluding hydrogens is 296 g/mol. The third-order valence-electron chi connectivity index (χ3n) is 3.61. The van der Waals surface area contributed by atoms with Crippen LogP contribution >= 0.6 is 0 Å². The predicted octanol–water partition coefficient (Wildman–Crippen LogP) is 3.05. The first-order valence-corrected chi connectivity index (χ1v) is 7.42. The van der Waals surface area contributed by atoms with E-state index in [0.717, 1.165) is 11.1 Å². The van der Waals surface area contributed by atoms with E-state index in [-0.39, 0.29) is 11.7 Å². The molecule has 0 atom stereocenters. The maximum absolute atomic E-state index is 11.2. The lowest BCUT2D eigenvalue weighted by Crippen LogP contribution is -2.38. The highest BCUT2D eigenvalue weighted by molar-refractivity contribution is 5.89. The molecule has 1 aliphatic rings.